The third-order valence-electron chi connectivity index (χ3n) is 2.73. The van der Waals surface area contributed by atoms with E-state index in [-0.39, 0.29) is 0 Å². The molecule has 0 fully saturated rings. The Hall–Kier alpha value is -0.940. The molecular weight excluding hydrogens is 204 g/mol. The van der Waals surface area contributed by atoms with Crippen molar-refractivity contribution in [1.29, 1.82) is 0 Å². The van der Waals surface area contributed by atoms with Gasteiger partial charge in [-0.15, -0.1) is 0 Å². The molecule has 5 heteroatoms. The maximum atomic E-state index is 5.06. The van der Waals surface area contributed by atoms with E-state index in [4.69, 9.17) is 4.74 Å². The van der Waals surface area contributed by atoms with Crippen LogP contribution < -0.4 is 5.32 Å². The summed E-state index contributed by atoms with van der Waals surface area (Å²) in [7, 11) is 1.67. The summed E-state index contributed by atoms with van der Waals surface area (Å²) in [6.07, 6.45) is 2.30. The van der Waals surface area contributed by atoms with Crippen LogP contribution in [-0.2, 0) is 17.9 Å². The highest BCUT2D eigenvalue weighted by atomic mass is 16.5. The van der Waals surface area contributed by atoms with E-state index in [1.165, 1.54) is 0 Å². The van der Waals surface area contributed by atoms with Gasteiger partial charge in [-0.1, -0.05) is 13.8 Å². The number of nitrogens with zero attached hydrogens (tertiary/aromatic N) is 3. The summed E-state index contributed by atoms with van der Waals surface area (Å²) in [5.74, 6) is 1.85. The fraction of sp³-hybridized carbons (Fsp3) is 0.818. The third-order valence-corrected chi connectivity index (χ3v) is 2.73. The minimum atomic E-state index is 0.340. The first kappa shape index (κ1) is 11.5. The highest BCUT2D eigenvalue weighted by molar-refractivity contribution is 5.02. The van der Waals surface area contributed by atoms with E-state index in [2.05, 4.69) is 29.2 Å². The van der Waals surface area contributed by atoms with E-state index in [1.54, 1.807) is 7.11 Å². The van der Waals surface area contributed by atoms with E-state index < -0.39 is 0 Å². The molecule has 0 amide bonds. The van der Waals surface area contributed by atoms with Crippen LogP contribution in [0.25, 0.3) is 0 Å². The quantitative estimate of drug-likeness (QED) is 0.836. The minimum absolute atomic E-state index is 0.340. The lowest BCUT2D eigenvalue weighted by Gasteiger charge is -2.24. The van der Waals surface area contributed by atoms with Crippen LogP contribution in [0.2, 0.25) is 0 Å². The molecule has 0 aromatic carbocycles. The molecule has 1 aliphatic rings. The molecule has 0 radical (unpaired) electrons. The third kappa shape index (κ3) is 2.41. The number of ether oxygens (including phenoxy) is 1. The number of hydrogen-bond acceptors (Lipinski definition) is 4. The van der Waals surface area contributed by atoms with Gasteiger partial charge in [0, 0.05) is 19.7 Å². The van der Waals surface area contributed by atoms with Gasteiger partial charge in [-0.25, -0.2) is 9.67 Å². The van der Waals surface area contributed by atoms with Crippen LogP contribution in [0.3, 0.4) is 0 Å². The van der Waals surface area contributed by atoms with Gasteiger partial charge in [0.25, 0.3) is 0 Å². The average molecular weight is 224 g/mol. The van der Waals surface area contributed by atoms with Crippen LogP contribution in [0.15, 0.2) is 0 Å². The van der Waals surface area contributed by atoms with Crippen molar-refractivity contribution in [2.24, 2.45) is 0 Å². The lowest BCUT2D eigenvalue weighted by Crippen LogP contribution is -2.33. The molecule has 1 aromatic heterocycles. The first-order valence-corrected chi connectivity index (χ1v) is 5.89. The van der Waals surface area contributed by atoms with Crippen molar-refractivity contribution >= 4 is 0 Å². The van der Waals surface area contributed by atoms with Crippen molar-refractivity contribution < 1.29 is 4.74 Å². The molecule has 1 aromatic rings. The summed E-state index contributed by atoms with van der Waals surface area (Å²) < 4.78 is 7.08. The standard InChI is InChI=1S/C11H20N4O/c1-8(2)12-9-5-4-6-15-11(9)13-10(14-15)7-16-3/h8-9,12H,4-7H2,1-3H3. The molecule has 16 heavy (non-hydrogen) atoms. The van der Waals surface area contributed by atoms with Gasteiger partial charge >= 0.3 is 0 Å². The SMILES string of the molecule is COCc1nc2n(n1)CCCC2NC(C)C. The highest BCUT2D eigenvalue weighted by Crippen LogP contribution is 2.23. The molecule has 1 atom stereocenters. The fourth-order valence-electron chi connectivity index (χ4n) is 2.15. The molecule has 0 aliphatic carbocycles. The summed E-state index contributed by atoms with van der Waals surface area (Å²) in [6.45, 7) is 5.79. The zero-order chi connectivity index (χ0) is 11.5. The average Bonchev–Trinajstić information content (AvgIpc) is 2.61. The van der Waals surface area contributed by atoms with Crippen molar-refractivity contribution in [2.45, 2.75) is 51.9 Å². The number of nitrogens with one attached hydrogen (secondary N) is 1. The van der Waals surface area contributed by atoms with E-state index in [9.17, 15) is 0 Å². The van der Waals surface area contributed by atoms with Crippen LogP contribution in [0, 0.1) is 0 Å². The van der Waals surface area contributed by atoms with Crippen molar-refractivity contribution in [1.82, 2.24) is 20.1 Å². The fourth-order valence-corrected chi connectivity index (χ4v) is 2.15. The second-order valence-corrected chi connectivity index (χ2v) is 4.56. The summed E-state index contributed by atoms with van der Waals surface area (Å²) in [5, 5.41) is 7.97. The van der Waals surface area contributed by atoms with Crippen LogP contribution in [-0.4, -0.2) is 27.9 Å². The van der Waals surface area contributed by atoms with Crippen molar-refractivity contribution in [2.75, 3.05) is 7.11 Å². The Labute approximate surface area is 96.2 Å². The first-order chi connectivity index (χ1) is 7.70. The van der Waals surface area contributed by atoms with Crippen LogP contribution in [0.5, 0.6) is 0 Å². The number of fused-ring (bicyclic) bond motifs is 1. The largest absolute Gasteiger partial charge is 0.377 e. The molecular formula is C11H20N4O. The lowest BCUT2D eigenvalue weighted by molar-refractivity contribution is 0.177. The zero-order valence-corrected chi connectivity index (χ0v) is 10.2. The molecule has 0 saturated carbocycles. The van der Waals surface area contributed by atoms with Gasteiger partial charge in [-0.05, 0) is 12.8 Å². The van der Waals surface area contributed by atoms with Crippen LogP contribution in [0.1, 0.15) is 44.4 Å². The Kier molecular flexibility index (Phi) is 3.56. The predicted molar refractivity (Wildman–Crippen MR) is 61.0 cm³/mol. The molecule has 90 valence electrons. The number of aryl methyl sites for hydroxylation is 1. The first-order valence-electron chi connectivity index (χ1n) is 5.89. The van der Waals surface area contributed by atoms with Gasteiger partial charge in [-0.3, -0.25) is 0 Å². The van der Waals surface area contributed by atoms with E-state index in [0.29, 0.717) is 18.7 Å². The molecule has 1 aliphatic heterocycles. The van der Waals surface area contributed by atoms with Crippen LogP contribution in [0.4, 0.5) is 0 Å². The molecule has 1 N–H and O–H groups in total. The Balaban J connectivity index is 2.17. The second kappa shape index (κ2) is 4.93. The molecule has 2 rings (SSSR count). The normalized spacial score (nSPS) is 20.1. The number of aromatic nitrogens is 3. The molecule has 1 unspecified atom stereocenters. The maximum Gasteiger partial charge on any atom is 0.176 e. The summed E-state index contributed by atoms with van der Waals surface area (Å²) >= 11 is 0. The minimum Gasteiger partial charge on any atom is -0.377 e. The highest BCUT2D eigenvalue weighted by Gasteiger charge is 2.24. The van der Waals surface area contributed by atoms with Gasteiger partial charge in [-0.2, -0.15) is 5.10 Å². The van der Waals surface area contributed by atoms with Gasteiger partial charge in [0.1, 0.15) is 12.4 Å². The monoisotopic (exact) mass is 224 g/mol. The molecule has 5 nitrogen and oxygen atoms in total. The predicted octanol–water partition coefficient (Wildman–Crippen LogP) is 1.26. The smallest absolute Gasteiger partial charge is 0.176 e. The molecule has 0 bridgehead atoms. The summed E-state index contributed by atoms with van der Waals surface area (Å²) in [6, 6.07) is 0.811. The molecule has 0 spiro atoms. The van der Waals surface area contributed by atoms with Gasteiger partial charge < -0.3 is 10.1 Å². The number of rotatable bonds is 4. The molecule has 2 heterocycles. The number of hydrogen-bond donors (Lipinski definition) is 1. The van der Waals surface area contributed by atoms with Gasteiger partial charge in [0.05, 0.1) is 6.04 Å². The van der Waals surface area contributed by atoms with E-state index in [0.717, 1.165) is 31.0 Å². The Morgan fingerprint density at radius 2 is 2.38 bits per heavy atom. The topological polar surface area (TPSA) is 52.0 Å². The van der Waals surface area contributed by atoms with Crippen molar-refractivity contribution in [3.63, 3.8) is 0 Å². The van der Waals surface area contributed by atoms with Crippen molar-refractivity contribution in [3.05, 3.63) is 11.6 Å². The zero-order valence-electron chi connectivity index (χ0n) is 10.2. The van der Waals surface area contributed by atoms with E-state index >= 15 is 0 Å². The Morgan fingerprint density at radius 3 is 3.06 bits per heavy atom. The van der Waals surface area contributed by atoms with Gasteiger partial charge in [0.15, 0.2) is 5.82 Å². The van der Waals surface area contributed by atoms with E-state index in [1.807, 2.05) is 4.68 Å². The maximum absolute atomic E-state index is 5.06. The Morgan fingerprint density at radius 1 is 1.56 bits per heavy atom. The summed E-state index contributed by atoms with van der Waals surface area (Å²) in [5.41, 5.74) is 0. The lowest BCUT2D eigenvalue weighted by atomic mass is 10.1. The number of methoxy groups -OCH3 is 1. The summed E-state index contributed by atoms with van der Waals surface area (Å²) in [4.78, 5) is 4.54. The van der Waals surface area contributed by atoms with Crippen LogP contribution >= 0.6 is 0 Å². The second-order valence-electron chi connectivity index (χ2n) is 4.56. The van der Waals surface area contributed by atoms with Gasteiger partial charge in [0.2, 0.25) is 0 Å². The van der Waals surface area contributed by atoms with Crippen molar-refractivity contribution in [3.8, 4) is 0 Å². The molecule has 0 saturated heterocycles. The Bertz CT molecular complexity index is 348.